The number of allylic oxidation sites excluding steroid dienone is 2. The lowest BCUT2D eigenvalue weighted by molar-refractivity contribution is -0.385. The highest BCUT2D eigenvalue weighted by Gasteiger charge is 2.43. The minimum atomic E-state index is -0.961. The van der Waals surface area contributed by atoms with E-state index in [1.165, 1.54) is 18.2 Å². The number of hydrogen-bond donors (Lipinski definition) is 1. The summed E-state index contributed by atoms with van der Waals surface area (Å²) in [5.41, 5.74) is 1.15. The fourth-order valence-corrected chi connectivity index (χ4v) is 3.08. The van der Waals surface area contributed by atoms with Crippen LogP contribution >= 0.6 is 0 Å². The van der Waals surface area contributed by atoms with E-state index >= 15 is 0 Å². The average Bonchev–Trinajstić information content (AvgIpc) is 2.95. The predicted molar refractivity (Wildman–Crippen MR) is 92.4 cm³/mol. The molecule has 1 atom stereocenters. The van der Waals surface area contributed by atoms with Crippen LogP contribution in [0.1, 0.15) is 32.3 Å². The smallest absolute Gasteiger partial charge is 0.456 e. The molecule has 1 aromatic rings. The zero-order valence-corrected chi connectivity index (χ0v) is 15.0. The summed E-state index contributed by atoms with van der Waals surface area (Å²) in [6, 6.07) is 5.99. The maximum Gasteiger partial charge on any atom is 0.513 e. The SMILES string of the molecule is CC1=C(OC(=O)OC(C)C)C(c2ccccc2[N+](=O)[O-])C2=C(COC2=O)N1. The van der Waals surface area contributed by atoms with Crippen LogP contribution in [0, 0.1) is 10.1 Å². The number of benzene rings is 1. The van der Waals surface area contributed by atoms with E-state index in [1.807, 2.05) is 0 Å². The van der Waals surface area contributed by atoms with Crippen molar-refractivity contribution in [2.24, 2.45) is 0 Å². The Kier molecular flexibility index (Phi) is 4.85. The van der Waals surface area contributed by atoms with Crippen molar-refractivity contribution >= 4 is 17.8 Å². The number of nitrogens with zero attached hydrogens (tertiary/aromatic N) is 1. The number of cyclic esters (lactones) is 1. The van der Waals surface area contributed by atoms with Crippen molar-refractivity contribution in [3.63, 3.8) is 0 Å². The summed E-state index contributed by atoms with van der Waals surface area (Å²) in [6.45, 7) is 4.99. The van der Waals surface area contributed by atoms with E-state index in [2.05, 4.69) is 5.32 Å². The summed E-state index contributed by atoms with van der Waals surface area (Å²) >= 11 is 0. The summed E-state index contributed by atoms with van der Waals surface area (Å²) in [4.78, 5) is 35.3. The first-order valence-electron chi connectivity index (χ1n) is 8.29. The van der Waals surface area contributed by atoms with Crippen molar-refractivity contribution in [1.82, 2.24) is 5.32 Å². The summed E-state index contributed by atoms with van der Waals surface area (Å²) in [7, 11) is 0. The molecule has 27 heavy (non-hydrogen) atoms. The number of rotatable bonds is 4. The highest BCUT2D eigenvalue weighted by atomic mass is 16.7. The topological polar surface area (TPSA) is 117 Å². The molecule has 1 N–H and O–H groups in total. The maximum atomic E-state index is 12.3. The van der Waals surface area contributed by atoms with E-state index < -0.39 is 29.1 Å². The van der Waals surface area contributed by atoms with E-state index in [0.717, 1.165) is 0 Å². The van der Waals surface area contributed by atoms with Crippen molar-refractivity contribution < 1.29 is 28.7 Å². The predicted octanol–water partition coefficient (Wildman–Crippen LogP) is 2.89. The Morgan fingerprint density at radius 3 is 2.74 bits per heavy atom. The van der Waals surface area contributed by atoms with Crippen LogP contribution in [-0.2, 0) is 19.0 Å². The monoisotopic (exact) mass is 374 g/mol. The van der Waals surface area contributed by atoms with E-state index in [9.17, 15) is 19.7 Å². The third-order valence-corrected chi connectivity index (χ3v) is 4.12. The first-order valence-corrected chi connectivity index (χ1v) is 8.29. The first-order chi connectivity index (χ1) is 12.8. The van der Waals surface area contributed by atoms with Gasteiger partial charge < -0.3 is 19.5 Å². The number of carbonyl (C=O) groups is 2. The molecule has 0 saturated heterocycles. The van der Waals surface area contributed by atoms with Gasteiger partial charge in [-0.2, -0.15) is 0 Å². The second-order valence-electron chi connectivity index (χ2n) is 6.35. The normalized spacial score (nSPS) is 18.8. The van der Waals surface area contributed by atoms with E-state index in [0.29, 0.717) is 11.4 Å². The number of nitro benzene ring substituents is 1. The zero-order chi connectivity index (χ0) is 19.7. The molecule has 9 heteroatoms. The maximum absolute atomic E-state index is 12.3. The van der Waals surface area contributed by atoms with Crippen LogP contribution in [0.25, 0.3) is 0 Å². The van der Waals surface area contributed by atoms with E-state index in [4.69, 9.17) is 14.2 Å². The Bertz CT molecular complexity index is 885. The lowest BCUT2D eigenvalue weighted by atomic mass is 9.85. The molecule has 142 valence electrons. The van der Waals surface area contributed by atoms with Crippen LogP contribution in [0.4, 0.5) is 10.5 Å². The largest absolute Gasteiger partial charge is 0.513 e. The lowest BCUT2D eigenvalue weighted by Crippen LogP contribution is -2.29. The number of hydrogen-bond acceptors (Lipinski definition) is 8. The van der Waals surface area contributed by atoms with Gasteiger partial charge in [-0.3, -0.25) is 10.1 Å². The Morgan fingerprint density at radius 1 is 1.37 bits per heavy atom. The molecule has 3 rings (SSSR count). The van der Waals surface area contributed by atoms with Crippen molar-refractivity contribution in [2.45, 2.75) is 32.8 Å². The molecule has 0 radical (unpaired) electrons. The third kappa shape index (κ3) is 3.48. The Morgan fingerprint density at radius 2 is 2.07 bits per heavy atom. The van der Waals surface area contributed by atoms with Crippen molar-refractivity contribution in [3.05, 3.63) is 62.7 Å². The van der Waals surface area contributed by atoms with Crippen LogP contribution in [0.3, 0.4) is 0 Å². The van der Waals surface area contributed by atoms with Gasteiger partial charge in [0.25, 0.3) is 5.69 Å². The minimum Gasteiger partial charge on any atom is -0.456 e. The second-order valence-corrected chi connectivity index (χ2v) is 6.35. The van der Waals surface area contributed by atoms with Gasteiger partial charge in [0.1, 0.15) is 12.4 Å². The van der Waals surface area contributed by atoms with Gasteiger partial charge in [-0.05, 0) is 20.8 Å². The number of dihydropyridines is 1. The van der Waals surface area contributed by atoms with Gasteiger partial charge >= 0.3 is 12.1 Å². The first kappa shape index (κ1) is 18.4. The molecule has 2 heterocycles. The van der Waals surface area contributed by atoms with Gasteiger partial charge in [0.2, 0.25) is 0 Å². The quantitative estimate of drug-likeness (QED) is 0.486. The highest BCUT2D eigenvalue weighted by molar-refractivity contribution is 5.95. The molecule has 0 aliphatic carbocycles. The van der Waals surface area contributed by atoms with Crippen molar-refractivity contribution in [3.8, 4) is 0 Å². The number of ether oxygens (including phenoxy) is 3. The highest BCUT2D eigenvalue weighted by Crippen LogP contribution is 2.44. The van der Waals surface area contributed by atoms with Crippen LogP contribution in [0.15, 0.2) is 47.0 Å². The summed E-state index contributed by atoms with van der Waals surface area (Å²) in [5, 5.41) is 14.5. The molecule has 0 spiro atoms. The van der Waals surface area contributed by atoms with Crippen LogP contribution in [-0.4, -0.2) is 29.8 Å². The molecular formula is C18H18N2O7. The van der Waals surface area contributed by atoms with Gasteiger partial charge in [-0.15, -0.1) is 0 Å². The molecule has 1 aromatic carbocycles. The third-order valence-electron chi connectivity index (χ3n) is 4.12. The molecule has 0 fully saturated rings. The number of carbonyl (C=O) groups excluding carboxylic acids is 2. The minimum absolute atomic E-state index is 0.0202. The molecule has 0 amide bonds. The molecule has 0 bridgehead atoms. The van der Waals surface area contributed by atoms with Crippen molar-refractivity contribution in [2.75, 3.05) is 6.61 Å². The van der Waals surface area contributed by atoms with Crippen molar-refractivity contribution in [1.29, 1.82) is 0 Å². The average molecular weight is 374 g/mol. The summed E-state index contributed by atoms with van der Waals surface area (Å²) < 4.78 is 15.5. The van der Waals surface area contributed by atoms with Crippen LogP contribution < -0.4 is 5.32 Å². The summed E-state index contributed by atoms with van der Waals surface area (Å²) in [6.07, 6.45) is -1.37. The Labute approximate surface area is 154 Å². The van der Waals surface area contributed by atoms with Gasteiger partial charge in [-0.25, -0.2) is 9.59 Å². The zero-order valence-electron chi connectivity index (χ0n) is 15.0. The Balaban J connectivity index is 2.11. The number of nitrogens with one attached hydrogen (secondary N) is 1. The standard InChI is InChI=1S/C18H18N2O7/c1-9(2)26-18(22)27-16-10(3)19-12-8-25-17(21)15(12)14(16)11-6-4-5-7-13(11)20(23)24/h4-7,9,14,19H,8H2,1-3H3. The van der Waals surface area contributed by atoms with E-state index in [-0.39, 0.29) is 29.2 Å². The molecule has 2 aliphatic rings. The second kappa shape index (κ2) is 7.10. The molecule has 1 unspecified atom stereocenters. The number of para-hydroxylation sites is 1. The fraction of sp³-hybridized carbons (Fsp3) is 0.333. The summed E-state index contributed by atoms with van der Waals surface area (Å²) in [5.74, 6) is -1.52. The van der Waals surface area contributed by atoms with Gasteiger partial charge in [0.05, 0.1) is 33.9 Å². The molecular weight excluding hydrogens is 356 g/mol. The van der Waals surface area contributed by atoms with Gasteiger partial charge in [0, 0.05) is 11.6 Å². The van der Waals surface area contributed by atoms with E-state index in [1.54, 1.807) is 26.8 Å². The molecule has 0 saturated carbocycles. The van der Waals surface area contributed by atoms with Crippen LogP contribution in [0.2, 0.25) is 0 Å². The number of nitro groups is 1. The fourth-order valence-electron chi connectivity index (χ4n) is 3.08. The molecule has 2 aliphatic heterocycles. The number of esters is 1. The van der Waals surface area contributed by atoms with Crippen LogP contribution in [0.5, 0.6) is 0 Å². The van der Waals surface area contributed by atoms with Gasteiger partial charge in [0.15, 0.2) is 0 Å². The Hall–Kier alpha value is -3.36. The lowest BCUT2D eigenvalue weighted by Gasteiger charge is -2.27. The molecule has 9 nitrogen and oxygen atoms in total. The van der Waals surface area contributed by atoms with Gasteiger partial charge in [-0.1, -0.05) is 18.2 Å². The molecule has 0 aromatic heterocycles.